The van der Waals surface area contributed by atoms with E-state index in [1.165, 1.54) is 12.1 Å². The maximum Gasteiger partial charge on any atom is 0.236 e. The van der Waals surface area contributed by atoms with Crippen LogP contribution >= 0.6 is 12.4 Å². The molecule has 0 atom stereocenters. The highest BCUT2D eigenvalue weighted by molar-refractivity contribution is 5.85. The van der Waals surface area contributed by atoms with Crippen LogP contribution in [0.15, 0.2) is 30.5 Å². The second-order valence-corrected chi connectivity index (χ2v) is 5.94. The first kappa shape index (κ1) is 18.6. The molecular weight excluding hydrogens is 331 g/mol. The predicted molar refractivity (Wildman–Crippen MR) is 94.7 cm³/mol. The third kappa shape index (κ3) is 4.41. The van der Waals surface area contributed by atoms with Crippen LogP contribution in [0, 0.1) is 5.82 Å². The zero-order chi connectivity index (χ0) is 16.2. The van der Waals surface area contributed by atoms with Gasteiger partial charge in [-0.15, -0.1) is 12.4 Å². The van der Waals surface area contributed by atoms with E-state index in [-0.39, 0.29) is 24.1 Å². The van der Waals surface area contributed by atoms with Gasteiger partial charge in [0.2, 0.25) is 5.91 Å². The Bertz CT molecular complexity index is 706. The Morgan fingerprint density at radius 1 is 1.38 bits per heavy atom. The maximum atomic E-state index is 13.8. The van der Waals surface area contributed by atoms with Gasteiger partial charge in [0.25, 0.3) is 0 Å². The number of hydrogen-bond donors (Lipinski definition) is 1. The standard InChI is InChI=1S/C17H21FN4O.ClH/c1-21(12-16(23)22-7-5-19-6-8-22)11-14-10-15(18)9-13-3-2-4-20-17(13)14;/h2-4,9-10,19H,5-8,11-12H2,1H3;1H. The molecule has 3 rings (SSSR count). The van der Waals surface area contributed by atoms with E-state index < -0.39 is 0 Å². The molecule has 0 aliphatic carbocycles. The summed E-state index contributed by atoms with van der Waals surface area (Å²) in [4.78, 5) is 20.4. The molecular formula is C17H22ClFN4O. The summed E-state index contributed by atoms with van der Waals surface area (Å²) in [6.07, 6.45) is 1.70. The lowest BCUT2D eigenvalue weighted by Gasteiger charge is -2.29. The highest BCUT2D eigenvalue weighted by Gasteiger charge is 2.18. The minimum Gasteiger partial charge on any atom is -0.339 e. The predicted octanol–water partition coefficient (Wildman–Crippen LogP) is 1.66. The summed E-state index contributed by atoms with van der Waals surface area (Å²) in [5.74, 6) is -0.162. The lowest BCUT2D eigenvalue weighted by Crippen LogP contribution is -2.49. The molecule has 1 aliphatic heterocycles. The monoisotopic (exact) mass is 352 g/mol. The van der Waals surface area contributed by atoms with E-state index in [1.54, 1.807) is 12.3 Å². The molecule has 1 saturated heterocycles. The molecule has 5 nitrogen and oxygen atoms in total. The number of piperazine rings is 1. The Hall–Kier alpha value is -1.76. The Morgan fingerprint density at radius 2 is 2.12 bits per heavy atom. The summed E-state index contributed by atoms with van der Waals surface area (Å²) in [7, 11) is 1.87. The lowest BCUT2D eigenvalue weighted by molar-refractivity contribution is -0.132. The number of carbonyl (C=O) groups excluding carboxylic acids is 1. The molecule has 2 heterocycles. The van der Waals surface area contributed by atoms with Crippen molar-refractivity contribution in [3.8, 4) is 0 Å². The molecule has 130 valence electrons. The van der Waals surface area contributed by atoms with Crippen molar-refractivity contribution in [2.24, 2.45) is 0 Å². The molecule has 2 aromatic rings. The smallest absolute Gasteiger partial charge is 0.236 e. The van der Waals surface area contributed by atoms with Gasteiger partial charge in [0.05, 0.1) is 12.1 Å². The van der Waals surface area contributed by atoms with E-state index in [9.17, 15) is 9.18 Å². The summed E-state index contributed by atoms with van der Waals surface area (Å²) >= 11 is 0. The van der Waals surface area contributed by atoms with Crippen molar-refractivity contribution in [3.63, 3.8) is 0 Å². The van der Waals surface area contributed by atoms with Crippen LogP contribution in [-0.2, 0) is 11.3 Å². The first-order valence-corrected chi connectivity index (χ1v) is 7.83. The molecule has 0 radical (unpaired) electrons. The molecule has 1 amide bonds. The number of aromatic nitrogens is 1. The van der Waals surface area contributed by atoms with Crippen LogP contribution in [0.2, 0.25) is 0 Å². The number of likely N-dealkylation sites (N-methyl/N-ethyl adjacent to an activating group) is 1. The zero-order valence-electron chi connectivity index (χ0n) is 13.7. The summed E-state index contributed by atoms with van der Waals surface area (Å²) in [6.45, 7) is 3.99. The van der Waals surface area contributed by atoms with Gasteiger partial charge in [0, 0.05) is 44.3 Å². The Kier molecular flexibility index (Phi) is 6.48. The number of rotatable bonds is 4. The second-order valence-electron chi connectivity index (χ2n) is 5.94. The van der Waals surface area contributed by atoms with Crippen LogP contribution in [0.1, 0.15) is 5.56 Å². The first-order valence-electron chi connectivity index (χ1n) is 7.83. The number of pyridine rings is 1. The molecule has 1 N–H and O–H groups in total. The number of amides is 1. The molecule has 1 aromatic heterocycles. The van der Waals surface area contributed by atoms with Crippen LogP contribution in [0.4, 0.5) is 4.39 Å². The topological polar surface area (TPSA) is 48.5 Å². The number of halogens is 2. The lowest BCUT2D eigenvalue weighted by atomic mass is 10.1. The van der Waals surface area contributed by atoms with E-state index in [4.69, 9.17) is 0 Å². The highest BCUT2D eigenvalue weighted by atomic mass is 35.5. The van der Waals surface area contributed by atoms with Gasteiger partial charge < -0.3 is 10.2 Å². The van der Waals surface area contributed by atoms with Gasteiger partial charge >= 0.3 is 0 Å². The Morgan fingerprint density at radius 3 is 2.88 bits per heavy atom. The van der Waals surface area contributed by atoms with E-state index in [0.717, 1.165) is 42.6 Å². The number of fused-ring (bicyclic) bond motifs is 1. The minimum atomic E-state index is -0.276. The average molecular weight is 353 g/mol. The van der Waals surface area contributed by atoms with Crippen LogP contribution < -0.4 is 5.32 Å². The number of carbonyl (C=O) groups is 1. The average Bonchev–Trinajstić information content (AvgIpc) is 2.55. The third-order valence-electron chi connectivity index (χ3n) is 4.06. The molecule has 1 fully saturated rings. The van der Waals surface area contributed by atoms with Crippen LogP contribution in [0.25, 0.3) is 10.9 Å². The van der Waals surface area contributed by atoms with Crippen molar-refractivity contribution < 1.29 is 9.18 Å². The van der Waals surface area contributed by atoms with E-state index in [1.807, 2.05) is 22.9 Å². The fraction of sp³-hybridized carbons (Fsp3) is 0.412. The van der Waals surface area contributed by atoms with Crippen LogP contribution in [0.5, 0.6) is 0 Å². The van der Waals surface area contributed by atoms with Crippen molar-refractivity contribution in [2.75, 3.05) is 39.8 Å². The molecule has 0 unspecified atom stereocenters. The SMILES string of the molecule is CN(CC(=O)N1CCNCC1)Cc1cc(F)cc2cccnc12.Cl. The van der Waals surface area contributed by atoms with Gasteiger partial charge in [-0.3, -0.25) is 14.7 Å². The van der Waals surface area contributed by atoms with Crippen molar-refractivity contribution in [3.05, 3.63) is 41.8 Å². The highest BCUT2D eigenvalue weighted by Crippen LogP contribution is 2.19. The van der Waals surface area contributed by atoms with Gasteiger partial charge in [-0.25, -0.2) is 4.39 Å². The molecule has 7 heteroatoms. The summed E-state index contributed by atoms with van der Waals surface area (Å²) in [5, 5.41) is 4.01. The van der Waals surface area contributed by atoms with Gasteiger partial charge in [0.15, 0.2) is 0 Å². The molecule has 1 aromatic carbocycles. The number of hydrogen-bond acceptors (Lipinski definition) is 4. The maximum absolute atomic E-state index is 13.8. The summed E-state index contributed by atoms with van der Waals surface area (Å²) in [6, 6.07) is 6.63. The normalized spacial score (nSPS) is 14.7. The second kappa shape index (κ2) is 8.37. The minimum absolute atomic E-state index is 0. The molecule has 24 heavy (non-hydrogen) atoms. The van der Waals surface area contributed by atoms with Gasteiger partial charge in [-0.2, -0.15) is 0 Å². The van der Waals surface area contributed by atoms with Crippen LogP contribution in [-0.4, -0.2) is 60.5 Å². The number of nitrogens with zero attached hydrogens (tertiary/aromatic N) is 3. The van der Waals surface area contributed by atoms with Crippen molar-refractivity contribution in [1.29, 1.82) is 0 Å². The van der Waals surface area contributed by atoms with Crippen molar-refractivity contribution >= 4 is 29.2 Å². The summed E-state index contributed by atoms with van der Waals surface area (Å²) < 4.78 is 13.8. The summed E-state index contributed by atoms with van der Waals surface area (Å²) in [5.41, 5.74) is 1.59. The largest absolute Gasteiger partial charge is 0.339 e. The van der Waals surface area contributed by atoms with Crippen molar-refractivity contribution in [2.45, 2.75) is 6.54 Å². The van der Waals surface area contributed by atoms with E-state index >= 15 is 0 Å². The number of benzene rings is 1. The van der Waals surface area contributed by atoms with Crippen LogP contribution in [0.3, 0.4) is 0 Å². The molecule has 0 bridgehead atoms. The molecule has 0 saturated carbocycles. The first-order chi connectivity index (χ1) is 11.1. The fourth-order valence-corrected chi connectivity index (χ4v) is 2.94. The molecule has 1 aliphatic rings. The molecule has 0 spiro atoms. The Labute approximate surface area is 147 Å². The zero-order valence-corrected chi connectivity index (χ0v) is 14.5. The fourth-order valence-electron chi connectivity index (χ4n) is 2.94. The van der Waals surface area contributed by atoms with Crippen molar-refractivity contribution in [1.82, 2.24) is 20.1 Å². The van der Waals surface area contributed by atoms with Gasteiger partial charge in [0.1, 0.15) is 5.82 Å². The van der Waals surface area contributed by atoms with E-state index in [0.29, 0.717) is 13.1 Å². The quantitative estimate of drug-likeness (QED) is 0.909. The third-order valence-corrected chi connectivity index (χ3v) is 4.06. The van der Waals surface area contributed by atoms with Gasteiger partial charge in [-0.05, 0) is 30.8 Å². The number of nitrogens with one attached hydrogen (secondary N) is 1. The van der Waals surface area contributed by atoms with Gasteiger partial charge in [-0.1, -0.05) is 6.07 Å². The van der Waals surface area contributed by atoms with E-state index in [2.05, 4.69) is 10.3 Å². The Balaban J connectivity index is 0.00000208.